The van der Waals surface area contributed by atoms with Crippen LogP contribution in [0.4, 0.5) is 0 Å². The lowest BCUT2D eigenvalue weighted by Gasteiger charge is -2.30. The van der Waals surface area contributed by atoms with Gasteiger partial charge in [0.1, 0.15) is 6.61 Å². The van der Waals surface area contributed by atoms with Crippen LogP contribution in [0.2, 0.25) is 0 Å². The zero-order chi connectivity index (χ0) is 20.5. The first-order valence-electron chi connectivity index (χ1n) is 9.81. The molecule has 29 heavy (non-hydrogen) atoms. The molecule has 158 valence electrons. The minimum Gasteiger partial charge on any atom is -0.488 e. The maximum absolute atomic E-state index is 12.1. The number of nitrogens with zero attached hydrogens (tertiary/aromatic N) is 1. The highest BCUT2D eigenvalue weighted by Gasteiger charge is 2.15. The van der Waals surface area contributed by atoms with Crippen LogP contribution in [0.5, 0.6) is 11.5 Å². The highest BCUT2D eigenvalue weighted by molar-refractivity contribution is 5.96. The predicted octanol–water partition coefficient (Wildman–Crippen LogP) is 5.61. The van der Waals surface area contributed by atoms with Gasteiger partial charge in [0.25, 0.3) is 0 Å². The van der Waals surface area contributed by atoms with Crippen molar-refractivity contribution in [2.45, 2.75) is 46.7 Å². The molecule has 4 nitrogen and oxygen atoms in total. The van der Waals surface area contributed by atoms with E-state index in [1.165, 1.54) is 6.92 Å². The van der Waals surface area contributed by atoms with Crippen molar-refractivity contribution in [1.82, 2.24) is 4.90 Å². The van der Waals surface area contributed by atoms with Crippen molar-refractivity contribution in [1.29, 1.82) is 0 Å². The summed E-state index contributed by atoms with van der Waals surface area (Å²) in [5.41, 5.74) is 0.913. The molecular weight excluding hydrogens is 386 g/mol. The Morgan fingerprint density at radius 2 is 1.48 bits per heavy atom. The molecule has 0 bridgehead atoms. The Bertz CT molecular complexity index is 780. The lowest BCUT2D eigenvalue weighted by Crippen LogP contribution is -2.39. The molecular formula is C24H32ClNO3. The molecule has 5 heteroatoms. The van der Waals surface area contributed by atoms with Gasteiger partial charge in [0, 0.05) is 25.6 Å². The number of para-hydroxylation sites is 2. The molecule has 0 spiro atoms. The van der Waals surface area contributed by atoms with Crippen LogP contribution >= 0.6 is 12.4 Å². The summed E-state index contributed by atoms with van der Waals surface area (Å²) >= 11 is 0. The number of halogens is 1. The van der Waals surface area contributed by atoms with E-state index in [0.717, 1.165) is 12.1 Å². The van der Waals surface area contributed by atoms with Gasteiger partial charge in [-0.2, -0.15) is 0 Å². The first-order chi connectivity index (χ1) is 13.4. The second-order valence-electron chi connectivity index (χ2n) is 7.30. The summed E-state index contributed by atoms with van der Waals surface area (Å²) in [7, 11) is 0. The molecule has 0 saturated carbocycles. The number of rotatable bonds is 10. The number of hydrogen-bond donors (Lipinski definition) is 0. The molecule has 0 radical (unpaired) electrons. The molecule has 0 aliphatic carbocycles. The van der Waals surface area contributed by atoms with Crippen molar-refractivity contribution >= 4 is 24.3 Å². The average Bonchev–Trinajstić information content (AvgIpc) is 2.66. The Labute approximate surface area is 180 Å². The molecule has 0 amide bonds. The summed E-state index contributed by atoms with van der Waals surface area (Å²) in [5.74, 6) is 1.33. The van der Waals surface area contributed by atoms with E-state index in [1.54, 1.807) is 6.08 Å². The molecule has 0 aromatic heterocycles. The van der Waals surface area contributed by atoms with Gasteiger partial charge in [0.15, 0.2) is 23.0 Å². The number of hydrogen-bond acceptors (Lipinski definition) is 4. The summed E-state index contributed by atoms with van der Waals surface area (Å²) in [6.07, 6.45) is 1.75. The number of benzene rings is 2. The van der Waals surface area contributed by atoms with Crippen molar-refractivity contribution in [2.75, 3.05) is 13.2 Å². The molecule has 0 aliphatic rings. The van der Waals surface area contributed by atoms with E-state index < -0.39 is 0 Å². The fourth-order valence-corrected chi connectivity index (χ4v) is 3.05. The number of ether oxygens (including phenoxy) is 2. The highest BCUT2D eigenvalue weighted by atomic mass is 35.5. The van der Waals surface area contributed by atoms with Gasteiger partial charge >= 0.3 is 0 Å². The van der Waals surface area contributed by atoms with Gasteiger partial charge < -0.3 is 9.47 Å². The summed E-state index contributed by atoms with van der Waals surface area (Å²) in [4.78, 5) is 14.5. The summed E-state index contributed by atoms with van der Waals surface area (Å²) in [6, 6.07) is 18.0. The Hall–Kier alpha value is -2.30. The maximum Gasteiger partial charge on any atom is 0.194 e. The fraction of sp³-hybridized carbons (Fsp3) is 0.375. The third kappa shape index (κ3) is 7.92. The van der Waals surface area contributed by atoms with Crippen molar-refractivity contribution in [2.24, 2.45) is 0 Å². The first kappa shape index (κ1) is 24.7. The summed E-state index contributed by atoms with van der Waals surface area (Å²) in [5, 5.41) is 0. The molecule has 0 atom stereocenters. The van der Waals surface area contributed by atoms with Crippen LogP contribution in [-0.2, 0) is 4.79 Å². The monoisotopic (exact) mass is 417 g/mol. The van der Waals surface area contributed by atoms with Crippen molar-refractivity contribution in [3.63, 3.8) is 0 Å². The third-order valence-corrected chi connectivity index (χ3v) is 4.45. The van der Waals surface area contributed by atoms with E-state index in [-0.39, 0.29) is 23.9 Å². The molecule has 0 aliphatic heterocycles. The number of carbonyl (C=O) groups is 1. The first-order valence-corrected chi connectivity index (χ1v) is 9.81. The number of ketones is 1. The molecule has 0 unspecified atom stereocenters. The van der Waals surface area contributed by atoms with E-state index in [2.05, 4.69) is 32.6 Å². The zero-order valence-electron chi connectivity index (χ0n) is 17.9. The number of carbonyl (C=O) groups excluding carboxylic acids is 1. The van der Waals surface area contributed by atoms with Crippen LogP contribution in [0.1, 0.15) is 40.2 Å². The molecule has 2 rings (SSSR count). The average molecular weight is 418 g/mol. The second-order valence-corrected chi connectivity index (χ2v) is 7.30. The van der Waals surface area contributed by atoms with Crippen LogP contribution in [0.25, 0.3) is 6.08 Å². The van der Waals surface area contributed by atoms with Gasteiger partial charge in [0.2, 0.25) is 0 Å². The van der Waals surface area contributed by atoms with Gasteiger partial charge in [-0.05, 0) is 51.5 Å². The Morgan fingerprint density at radius 1 is 0.931 bits per heavy atom. The minimum atomic E-state index is -0.135. The Balaban J connectivity index is 0.00000420. The molecule has 2 aromatic rings. The van der Waals surface area contributed by atoms with E-state index in [0.29, 0.717) is 30.2 Å². The van der Waals surface area contributed by atoms with Crippen LogP contribution in [-0.4, -0.2) is 35.9 Å². The Kier molecular flexibility index (Phi) is 10.5. The SMILES string of the molecule is CC(=O)/C(=C\c1ccccc1)Oc1ccccc1OCCN(C(C)C)C(C)C.Cl. The smallest absolute Gasteiger partial charge is 0.194 e. The number of Topliss-reactive ketones (excluding diaryl/α,β-unsaturated/α-hetero) is 1. The van der Waals surface area contributed by atoms with Crippen molar-refractivity contribution in [3.05, 3.63) is 65.9 Å². The zero-order valence-corrected chi connectivity index (χ0v) is 18.7. The maximum atomic E-state index is 12.1. The molecule has 0 heterocycles. The lowest BCUT2D eigenvalue weighted by molar-refractivity contribution is -0.115. The molecule has 2 aromatic carbocycles. The van der Waals surface area contributed by atoms with E-state index in [1.807, 2.05) is 54.6 Å². The van der Waals surface area contributed by atoms with Crippen LogP contribution in [0, 0.1) is 0 Å². The largest absolute Gasteiger partial charge is 0.488 e. The van der Waals surface area contributed by atoms with Gasteiger partial charge in [-0.3, -0.25) is 9.69 Å². The quantitative estimate of drug-likeness (QED) is 0.371. The Morgan fingerprint density at radius 3 is 2.03 bits per heavy atom. The van der Waals surface area contributed by atoms with E-state index >= 15 is 0 Å². The van der Waals surface area contributed by atoms with Crippen LogP contribution in [0.3, 0.4) is 0 Å². The van der Waals surface area contributed by atoms with Crippen molar-refractivity contribution in [3.8, 4) is 11.5 Å². The van der Waals surface area contributed by atoms with Gasteiger partial charge in [-0.25, -0.2) is 0 Å². The molecule has 0 saturated heterocycles. The topological polar surface area (TPSA) is 38.8 Å². The van der Waals surface area contributed by atoms with Gasteiger partial charge in [-0.15, -0.1) is 12.4 Å². The minimum absolute atomic E-state index is 0. The summed E-state index contributed by atoms with van der Waals surface area (Å²) < 4.78 is 11.9. The van der Waals surface area contributed by atoms with E-state index in [9.17, 15) is 4.79 Å². The second kappa shape index (κ2) is 12.3. The lowest BCUT2D eigenvalue weighted by atomic mass is 10.2. The summed E-state index contributed by atoms with van der Waals surface area (Å²) in [6.45, 7) is 11.6. The van der Waals surface area contributed by atoms with Crippen LogP contribution < -0.4 is 9.47 Å². The van der Waals surface area contributed by atoms with Gasteiger partial charge in [0.05, 0.1) is 0 Å². The predicted molar refractivity (Wildman–Crippen MR) is 122 cm³/mol. The van der Waals surface area contributed by atoms with Crippen LogP contribution in [0.15, 0.2) is 60.4 Å². The standard InChI is InChI=1S/C24H31NO3.ClH/c1-18(2)25(19(3)4)15-16-27-22-13-9-10-14-23(22)28-24(20(5)26)17-21-11-7-6-8-12-21;/h6-14,17-19H,15-16H2,1-5H3;1H/b24-17+;. The molecule has 0 N–H and O–H groups in total. The third-order valence-electron chi connectivity index (χ3n) is 4.45. The van der Waals surface area contributed by atoms with Gasteiger partial charge in [-0.1, -0.05) is 42.5 Å². The highest BCUT2D eigenvalue weighted by Crippen LogP contribution is 2.29. The number of allylic oxidation sites excluding steroid dienone is 1. The fourth-order valence-electron chi connectivity index (χ4n) is 3.05. The van der Waals surface area contributed by atoms with Crippen molar-refractivity contribution < 1.29 is 14.3 Å². The van der Waals surface area contributed by atoms with E-state index in [4.69, 9.17) is 9.47 Å². The normalized spacial score (nSPS) is 11.5. The molecule has 0 fully saturated rings.